The van der Waals surface area contributed by atoms with Crippen LogP contribution in [0, 0.1) is 10.1 Å². The van der Waals surface area contributed by atoms with Crippen LogP contribution in [0.1, 0.15) is 13.3 Å². The minimum Gasteiger partial charge on any atom is -0.384 e. The molecule has 3 N–H and O–H groups in total. The van der Waals surface area contributed by atoms with Gasteiger partial charge in [0.05, 0.1) is 4.92 Å². The van der Waals surface area contributed by atoms with Crippen molar-refractivity contribution in [3.05, 3.63) is 32.7 Å². The first kappa shape index (κ1) is 14.1. The summed E-state index contributed by atoms with van der Waals surface area (Å²) in [5.74, 6) is 0.165. The Hall–Kier alpha value is -2.36. The fourth-order valence-corrected chi connectivity index (χ4v) is 2.50. The molecule has 2 aromatic heterocycles. The van der Waals surface area contributed by atoms with Gasteiger partial charge in [0.2, 0.25) is 0 Å². The third-order valence-corrected chi connectivity index (χ3v) is 3.40. The van der Waals surface area contributed by atoms with Gasteiger partial charge in [0.1, 0.15) is 5.82 Å². The molecular formula is C10H12N6O3S. The number of nitrogens with zero attached hydrogens (tertiary/aromatic N) is 4. The number of hydrogen-bond donors (Lipinski definition) is 2. The van der Waals surface area contributed by atoms with Crippen molar-refractivity contribution in [1.29, 1.82) is 0 Å². The zero-order valence-corrected chi connectivity index (χ0v) is 11.4. The standard InChI is InChI=1S/C10H12N6O3S/c1-2-5-15-9(17)13-14-10(15)20-8-6(16(18)19)3-4-7(11)12-8/h3-4H,2,5H2,1H3,(H2,11,12)(H,13,17). The van der Waals surface area contributed by atoms with E-state index in [2.05, 4.69) is 15.2 Å². The van der Waals surface area contributed by atoms with Crippen molar-refractivity contribution in [2.45, 2.75) is 30.1 Å². The van der Waals surface area contributed by atoms with Crippen molar-refractivity contribution >= 4 is 23.3 Å². The topological polar surface area (TPSA) is 133 Å². The fourth-order valence-electron chi connectivity index (χ4n) is 1.55. The number of hydrogen-bond acceptors (Lipinski definition) is 7. The summed E-state index contributed by atoms with van der Waals surface area (Å²) < 4.78 is 1.40. The van der Waals surface area contributed by atoms with E-state index in [1.807, 2.05) is 6.92 Å². The molecule has 0 bridgehead atoms. The molecule has 106 valence electrons. The molecule has 0 aliphatic carbocycles. The van der Waals surface area contributed by atoms with Gasteiger partial charge in [-0.2, -0.15) is 0 Å². The van der Waals surface area contributed by atoms with E-state index in [1.165, 1.54) is 16.7 Å². The molecule has 0 spiro atoms. The van der Waals surface area contributed by atoms with Crippen LogP contribution in [-0.4, -0.2) is 24.7 Å². The summed E-state index contributed by atoms with van der Waals surface area (Å²) in [7, 11) is 0. The van der Waals surface area contributed by atoms with E-state index in [1.54, 1.807) is 0 Å². The van der Waals surface area contributed by atoms with Crippen molar-refractivity contribution < 1.29 is 4.92 Å². The lowest BCUT2D eigenvalue weighted by Gasteiger charge is -2.04. The number of nitrogens with two attached hydrogens (primary N) is 1. The van der Waals surface area contributed by atoms with Crippen LogP contribution in [0.3, 0.4) is 0 Å². The highest BCUT2D eigenvalue weighted by atomic mass is 32.2. The third kappa shape index (κ3) is 2.79. The average molecular weight is 296 g/mol. The van der Waals surface area contributed by atoms with Crippen LogP contribution in [0.5, 0.6) is 0 Å². The highest BCUT2D eigenvalue weighted by molar-refractivity contribution is 7.99. The number of H-pyrrole nitrogens is 1. The highest BCUT2D eigenvalue weighted by Crippen LogP contribution is 2.32. The van der Waals surface area contributed by atoms with Gasteiger partial charge in [-0.05, 0) is 24.2 Å². The molecule has 0 aliphatic rings. The van der Waals surface area contributed by atoms with Crippen LogP contribution >= 0.6 is 11.8 Å². The maximum atomic E-state index is 11.6. The van der Waals surface area contributed by atoms with Crippen LogP contribution in [0.4, 0.5) is 11.5 Å². The van der Waals surface area contributed by atoms with Gasteiger partial charge in [0, 0.05) is 12.6 Å². The second kappa shape index (κ2) is 5.74. The van der Waals surface area contributed by atoms with Crippen LogP contribution in [-0.2, 0) is 6.54 Å². The third-order valence-electron chi connectivity index (χ3n) is 2.42. The molecule has 2 rings (SSSR count). The Bertz CT molecular complexity index is 695. The molecule has 2 heterocycles. The predicted octanol–water partition coefficient (Wildman–Crippen LogP) is 1.02. The first-order valence-electron chi connectivity index (χ1n) is 5.77. The van der Waals surface area contributed by atoms with Crippen molar-refractivity contribution in [1.82, 2.24) is 19.7 Å². The molecule has 0 fully saturated rings. The van der Waals surface area contributed by atoms with E-state index >= 15 is 0 Å². The Labute approximate surface area is 117 Å². The monoisotopic (exact) mass is 296 g/mol. The van der Waals surface area contributed by atoms with Gasteiger partial charge in [-0.25, -0.2) is 14.9 Å². The van der Waals surface area contributed by atoms with E-state index in [-0.39, 0.29) is 22.2 Å². The van der Waals surface area contributed by atoms with Crippen molar-refractivity contribution in [3.8, 4) is 0 Å². The van der Waals surface area contributed by atoms with Crippen LogP contribution < -0.4 is 11.4 Å². The molecule has 0 unspecified atom stereocenters. The second-order valence-corrected chi connectivity index (χ2v) is 4.84. The summed E-state index contributed by atoms with van der Waals surface area (Å²) in [5, 5.41) is 17.5. The van der Waals surface area contributed by atoms with Gasteiger partial charge in [0.15, 0.2) is 10.2 Å². The Morgan fingerprint density at radius 1 is 1.55 bits per heavy atom. The summed E-state index contributed by atoms with van der Waals surface area (Å²) in [5.41, 5.74) is 5.00. The van der Waals surface area contributed by atoms with Gasteiger partial charge in [0.25, 0.3) is 0 Å². The molecule has 0 saturated heterocycles. The molecule has 20 heavy (non-hydrogen) atoms. The van der Waals surface area contributed by atoms with Crippen LogP contribution in [0.2, 0.25) is 0 Å². The maximum Gasteiger partial charge on any atom is 0.343 e. The van der Waals surface area contributed by atoms with Gasteiger partial charge in [-0.1, -0.05) is 6.92 Å². The molecule has 0 aliphatic heterocycles. The number of aromatic amines is 1. The fraction of sp³-hybridized carbons (Fsp3) is 0.300. The van der Waals surface area contributed by atoms with E-state index in [0.717, 1.165) is 18.2 Å². The zero-order chi connectivity index (χ0) is 14.7. The van der Waals surface area contributed by atoms with Crippen molar-refractivity contribution in [2.75, 3.05) is 5.73 Å². The quantitative estimate of drug-likeness (QED) is 0.621. The maximum absolute atomic E-state index is 11.6. The number of nitrogens with one attached hydrogen (secondary N) is 1. The molecule has 0 radical (unpaired) electrons. The summed E-state index contributed by atoms with van der Waals surface area (Å²) >= 11 is 0.932. The molecule has 0 saturated carbocycles. The Morgan fingerprint density at radius 2 is 2.30 bits per heavy atom. The van der Waals surface area contributed by atoms with Gasteiger partial charge < -0.3 is 5.73 Å². The molecule has 0 amide bonds. The Kier molecular flexibility index (Phi) is 4.03. The first-order chi connectivity index (χ1) is 9.52. The number of anilines is 1. The van der Waals surface area contributed by atoms with Crippen molar-refractivity contribution in [3.63, 3.8) is 0 Å². The number of nitro groups is 1. The van der Waals surface area contributed by atoms with Gasteiger partial charge in [-0.15, -0.1) is 5.10 Å². The molecule has 10 heteroatoms. The molecule has 0 atom stereocenters. The summed E-state index contributed by atoms with van der Waals surface area (Å²) in [6, 6.07) is 2.63. The zero-order valence-electron chi connectivity index (χ0n) is 10.6. The minimum atomic E-state index is -0.552. The van der Waals surface area contributed by atoms with Crippen molar-refractivity contribution in [2.24, 2.45) is 0 Å². The van der Waals surface area contributed by atoms with Gasteiger partial charge in [-0.3, -0.25) is 14.7 Å². The SMILES string of the molecule is CCCn1c(Sc2nc(N)ccc2[N+](=O)[O-])n[nH]c1=O. The van der Waals surface area contributed by atoms with Crippen LogP contribution in [0.15, 0.2) is 27.1 Å². The predicted molar refractivity (Wildman–Crippen MR) is 72.6 cm³/mol. The number of pyridine rings is 1. The Balaban J connectivity index is 2.42. The molecular weight excluding hydrogens is 284 g/mol. The number of aromatic nitrogens is 4. The molecule has 2 aromatic rings. The largest absolute Gasteiger partial charge is 0.384 e. The lowest BCUT2D eigenvalue weighted by Crippen LogP contribution is -2.17. The summed E-state index contributed by atoms with van der Waals surface area (Å²) in [4.78, 5) is 25.9. The summed E-state index contributed by atoms with van der Waals surface area (Å²) in [6.45, 7) is 2.38. The molecule has 9 nitrogen and oxygen atoms in total. The van der Waals surface area contributed by atoms with Gasteiger partial charge >= 0.3 is 11.4 Å². The van der Waals surface area contributed by atoms with E-state index in [4.69, 9.17) is 5.73 Å². The average Bonchev–Trinajstić information content (AvgIpc) is 2.72. The number of rotatable bonds is 5. The first-order valence-corrected chi connectivity index (χ1v) is 6.58. The molecule has 0 aromatic carbocycles. The minimum absolute atomic E-state index is 0.103. The lowest BCUT2D eigenvalue weighted by molar-refractivity contribution is -0.388. The van der Waals surface area contributed by atoms with E-state index in [9.17, 15) is 14.9 Å². The second-order valence-electron chi connectivity index (χ2n) is 3.88. The Morgan fingerprint density at radius 3 is 2.95 bits per heavy atom. The van der Waals surface area contributed by atoms with Crippen LogP contribution in [0.25, 0.3) is 0 Å². The smallest absolute Gasteiger partial charge is 0.343 e. The van der Waals surface area contributed by atoms with E-state index in [0.29, 0.717) is 11.7 Å². The highest BCUT2D eigenvalue weighted by Gasteiger charge is 2.20. The summed E-state index contributed by atoms with van der Waals surface area (Å²) in [6.07, 6.45) is 0.736. The normalized spacial score (nSPS) is 10.7. The lowest BCUT2D eigenvalue weighted by atomic mass is 10.4. The van der Waals surface area contributed by atoms with E-state index < -0.39 is 4.92 Å². The number of nitrogen functional groups attached to an aromatic ring is 1.